The zero-order valence-electron chi connectivity index (χ0n) is 14.1. The molecule has 1 saturated heterocycles. The first-order valence-electron chi connectivity index (χ1n) is 8.15. The van der Waals surface area contributed by atoms with Crippen LogP contribution in [0.5, 0.6) is 0 Å². The number of hydrogen-bond donors (Lipinski definition) is 1. The van der Waals surface area contributed by atoms with Gasteiger partial charge in [0.05, 0.1) is 12.3 Å². The molecule has 0 unspecified atom stereocenters. The second-order valence-electron chi connectivity index (χ2n) is 6.09. The molecule has 0 radical (unpaired) electrons. The van der Waals surface area contributed by atoms with Gasteiger partial charge in [-0.2, -0.15) is 5.26 Å². The Kier molecular flexibility index (Phi) is 4.79. The highest BCUT2D eigenvalue weighted by Gasteiger charge is 2.23. The standard InChI is InChI=1S/C17H22N6O/c1-13-3-4-15(11-14(13)2)23-19-16(12-18)17(20-23)22-7-5-21(6-8-22)9-10-24/h3-4,11,24H,5-10H2,1-2H3. The van der Waals surface area contributed by atoms with Crippen molar-refractivity contribution in [3.05, 3.63) is 35.0 Å². The number of nitriles is 1. The van der Waals surface area contributed by atoms with Crippen molar-refractivity contribution < 1.29 is 5.11 Å². The monoisotopic (exact) mass is 326 g/mol. The number of benzene rings is 1. The van der Waals surface area contributed by atoms with Gasteiger partial charge in [0, 0.05) is 32.7 Å². The molecule has 126 valence electrons. The number of anilines is 1. The summed E-state index contributed by atoms with van der Waals surface area (Å²) in [6, 6.07) is 8.18. The van der Waals surface area contributed by atoms with Gasteiger partial charge in [0.2, 0.25) is 5.69 Å². The van der Waals surface area contributed by atoms with Gasteiger partial charge < -0.3 is 10.0 Å². The van der Waals surface area contributed by atoms with Gasteiger partial charge >= 0.3 is 0 Å². The third-order valence-corrected chi connectivity index (χ3v) is 4.51. The first-order valence-corrected chi connectivity index (χ1v) is 8.15. The van der Waals surface area contributed by atoms with E-state index >= 15 is 0 Å². The molecule has 0 spiro atoms. The molecule has 0 amide bonds. The molecular weight excluding hydrogens is 304 g/mol. The van der Waals surface area contributed by atoms with E-state index in [1.807, 2.05) is 18.2 Å². The summed E-state index contributed by atoms with van der Waals surface area (Å²) < 4.78 is 0. The Balaban J connectivity index is 1.83. The van der Waals surface area contributed by atoms with Crippen molar-refractivity contribution >= 4 is 5.82 Å². The number of hydrogen-bond acceptors (Lipinski definition) is 6. The SMILES string of the molecule is Cc1ccc(-n2nc(C#N)c(N3CCN(CCO)CC3)n2)cc1C. The van der Waals surface area contributed by atoms with Gasteiger partial charge in [-0.1, -0.05) is 6.07 Å². The normalized spacial score (nSPS) is 15.5. The van der Waals surface area contributed by atoms with Crippen LogP contribution in [-0.4, -0.2) is 64.3 Å². The van der Waals surface area contributed by atoms with Gasteiger partial charge in [0.15, 0.2) is 5.82 Å². The first kappa shape index (κ1) is 16.4. The van der Waals surface area contributed by atoms with Crippen LogP contribution in [0.15, 0.2) is 18.2 Å². The second kappa shape index (κ2) is 6.99. The zero-order chi connectivity index (χ0) is 17.1. The molecule has 1 aromatic heterocycles. The lowest BCUT2D eigenvalue weighted by molar-refractivity contribution is 0.188. The van der Waals surface area contributed by atoms with E-state index in [1.165, 1.54) is 11.1 Å². The lowest BCUT2D eigenvalue weighted by atomic mass is 10.1. The van der Waals surface area contributed by atoms with E-state index in [9.17, 15) is 5.26 Å². The van der Waals surface area contributed by atoms with E-state index in [-0.39, 0.29) is 6.61 Å². The number of aryl methyl sites for hydroxylation is 2. The molecule has 1 aliphatic rings. The van der Waals surface area contributed by atoms with E-state index in [1.54, 1.807) is 4.80 Å². The fraction of sp³-hybridized carbons (Fsp3) is 0.471. The largest absolute Gasteiger partial charge is 0.395 e. The molecule has 1 fully saturated rings. The Morgan fingerprint density at radius 1 is 1.12 bits per heavy atom. The van der Waals surface area contributed by atoms with Crippen molar-refractivity contribution in [2.24, 2.45) is 0 Å². The minimum atomic E-state index is 0.173. The summed E-state index contributed by atoms with van der Waals surface area (Å²) >= 11 is 0. The van der Waals surface area contributed by atoms with Crippen LogP contribution in [0, 0.1) is 25.2 Å². The topological polar surface area (TPSA) is 81.2 Å². The van der Waals surface area contributed by atoms with Crippen molar-refractivity contribution in [2.75, 3.05) is 44.2 Å². The second-order valence-corrected chi connectivity index (χ2v) is 6.09. The smallest absolute Gasteiger partial charge is 0.207 e. The Hall–Kier alpha value is -2.43. The van der Waals surface area contributed by atoms with Crippen molar-refractivity contribution in [3.63, 3.8) is 0 Å². The lowest BCUT2D eigenvalue weighted by Gasteiger charge is -2.34. The number of nitrogens with zero attached hydrogens (tertiary/aromatic N) is 6. The average molecular weight is 326 g/mol. The van der Waals surface area contributed by atoms with Crippen LogP contribution < -0.4 is 4.90 Å². The number of aromatic nitrogens is 3. The molecule has 0 atom stereocenters. The first-order chi connectivity index (χ1) is 11.6. The Bertz CT molecular complexity index is 755. The number of aliphatic hydroxyl groups is 1. The minimum Gasteiger partial charge on any atom is -0.395 e. The molecule has 0 bridgehead atoms. The van der Waals surface area contributed by atoms with Crippen LogP contribution in [0.3, 0.4) is 0 Å². The molecular formula is C17H22N6O. The maximum absolute atomic E-state index is 9.41. The summed E-state index contributed by atoms with van der Waals surface area (Å²) in [5.41, 5.74) is 3.60. The Morgan fingerprint density at radius 2 is 1.88 bits per heavy atom. The summed E-state index contributed by atoms with van der Waals surface area (Å²) in [5.74, 6) is 0.638. The van der Waals surface area contributed by atoms with E-state index in [2.05, 4.69) is 39.9 Å². The zero-order valence-corrected chi connectivity index (χ0v) is 14.1. The van der Waals surface area contributed by atoms with Crippen LogP contribution in [0.2, 0.25) is 0 Å². The predicted molar refractivity (Wildman–Crippen MR) is 91.3 cm³/mol. The summed E-state index contributed by atoms with van der Waals surface area (Å²) in [7, 11) is 0. The van der Waals surface area contributed by atoms with Gasteiger partial charge in [-0.05, 0) is 37.1 Å². The van der Waals surface area contributed by atoms with Crippen molar-refractivity contribution in [2.45, 2.75) is 13.8 Å². The van der Waals surface area contributed by atoms with Gasteiger partial charge in [-0.3, -0.25) is 4.90 Å². The van der Waals surface area contributed by atoms with E-state index in [0.717, 1.165) is 31.9 Å². The molecule has 1 N–H and O–H groups in total. The summed E-state index contributed by atoms with van der Waals surface area (Å²) in [6.07, 6.45) is 0. The molecule has 3 rings (SSSR count). The third kappa shape index (κ3) is 3.25. The number of piperazine rings is 1. The van der Waals surface area contributed by atoms with E-state index < -0.39 is 0 Å². The number of rotatable bonds is 4. The Morgan fingerprint density at radius 3 is 2.50 bits per heavy atom. The van der Waals surface area contributed by atoms with Gasteiger partial charge in [-0.15, -0.1) is 15.0 Å². The summed E-state index contributed by atoms with van der Waals surface area (Å²) in [6.45, 7) is 8.23. The maximum Gasteiger partial charge on any atom is 0.207 e. The molecule has 24 heavy (non-hydrogen) atoms. The van der Waals surface area contributed by atoms with E-state index in [4.69, 9.17) is 5.11 Å². The molecule has 1 aromatic carbocycles. The lowest BCUT2D eigenvalue weighted by Crippen LogP contribution is -2.47. The highest BCUT2D eigenvalue weighted by atomic mass is 16.3. The highest BCUT2D eigenvalue weighted by molar-refractivity contribution is 5.51. The maximum atomic E-state index is 9.41. The van der Waals surface area contributed by atoms with Crippen molar-refractivity contribution in [1.29, 1.82) is 5.26 Å². The molecule has 7 nitrogen and oxygen atoms in total. The van der Waals surface area contributed by atoms with E-state index in [0.29, 0.717) is 18.1 Å². The van der Waals surface area contributed by atoms with Crippen LogP contribution in [0.25, 0.3) is 5.69 Å². The van der Waals surface area contributed by atoms with Gasteiger partial charge in [0.25, 0.3) is 0 Å². The van der Waals surface area contributed by atoms with Gasteiger partial charge in [0.1, 0.15) is 6.07 Å². The number of aliphatic hydroxyl groups excluding tert-OH is 1. The van der Waals surface area contributed by atoms with Crippen molar-refractivity contribution in [1.82, 2.24) is 19.9 Å². The number of β-amino-alcohol motifs (C(OH)–C–C–N with tert-alkyl or cyclic N) is 1. The molecule has 1 aliphatic heterocycles. The average Bonchev–Trinajstić information content (AvgIpc) is 3.03. The Labute approximate surface area is 141 Å². The van der Waals surface area contributed by atoms with Crippen LogP contribution in [0.1, 0.15) is 16.8 Å². The molecule has 0 saturated carbocycles. The predicted octanol–water partition coefficient (Wildman–Crippen LogP) is 0.870. The molecule has 7 heteroatoms. The fourth-order valence-corrected chi connectivity index (χ4v) is 2.87. The molecule has 0 aliphatic carbocycles. The van der Waals surface area contributed by atoms with Crippen LogP contribution >= 0.6 is 0 Å². The van der Waals surface area contributed by atoms with Crippen LogP contribution in [0.4, 0.5) is 5.82 Å². The molecule has 2 aromatic rings. The third-order valence-electron chi connectivity index (χ3n) is 4.51. The fourth-order valence-electron chi connectivity index (χ4n) is 2.87. The van der Waals surface area contributed by atoms with Gasteiger partial charge in [-0.25, -0.2) is 0 Å². The quantitative estimate of drug-likeness (QED) is 0.898. The highest BCUT2D eigenvalue weighted by Crippen LogP contribution is 2.20. The minimum absolute atomic E-state index is 0.173. The summed E-state index contributed by atoms with van der Waals surface area (Å²) in [4.78, 5) is 5.84. The van der Waals surface area contributed by atoms with Crippen LogP contribution in [-0.2, 0) is 0 Å². The van der Waals surface area contributed by atoms with Crippen molar-refractivity contribution in [3.8, 4) is 11.8 Å². The molecule has 2 heterocycles. The summed E-state index contributed by atoms with van der Waals surface area (Å²) in [5, 5.41) is 27.3.